The first-order valence-electron chi connectivity index (χ1n) is 6.44. The molecule has 1 amide bonds. The first kappa shape index (κ1) is 13.1. The van der Waals surface area contributed by atoms with Gasteiger partial charge in [-0.3, -0.25) is 9.69 Å². The van der Waals surface area contributed by atoms with Crippen LogP contribution in [0.5, 0.6) is 0 Å². The number of nitrogens with zero attached hydrogens (tertiary/aromatic N) is 1. The summed E-state index contributed by atoms with van der Waals surface area (Å²) in [4.78, 5) is 14.2. The highest BCUT2D eigenvalue weighted by Gasteiger charge is 2.25. The molecule has 1 aromatic heterocycles. The summed E-state index contributed by atoms with van der Waals surface area (Å²) in [7, 11) is 0. The molecule has 1 aromatic rings. The van der Waals surface area contributed by atoms with Crippen molar-refractivity contribution in [2.24, 2.45) is 0 Å². The number of furan rings is 1. The lowest BCUT2D eigenvalue weighted by atomic mass is 10.1. The molecule has 5 nitrogen and oxygen atoms in total. The van der Waals surface area contributed by atoms with Gasteiger partial charge in [0, 0.05) is 25.7 Å². The minimum atomic E-state index is -0.0930. The second-order valence-electron chi connectivity index (χ2n) is 4.82. The zero-order chi connectivity index (χ0) is 13.0. The van der Waals surface area contributed by atoms with Crippen LogP contribution in [0.25, 0.3) is 0 Å². The van der Waals surface area contributed by atoms with Crippen LogP contribution in [0.4, 0.5) is 0 Å². The second-order valence-corrected chi connectivity index (χ2v) is 4.82. The summed E-state index contributed by atoms with van der Waals surface area (Å²) in [6.45, 7) is 7.32. The van der Waals surface area contributed by atoms with Crippen molar-refractivity contribution < 1.29 is 9.21 Å². The number of carbonyl (C=O) groups is 1. The molecule has 0 aliphatic carbocycles. The van der Waals surface area contributed by atoms with Gasteiger partial charge < -0.3 is 15.1 Å². The Morgan fingerprint density at radius 1 is 1.72 bits per heavy atom. The van der Waals surface area contributed by atoms with E-state index in [1.807, 2.05) is 19.1 Å². The van der Waals surface area contributed by atoms with Crippen molar-refractivity contribution in [2.75, 3.05) is 19.6 Å². The van der Waals surface area contributed by atoms with E-state index < -0.39 is 0 Å². The van der Waals surface area contributed by atoms with Crippen LogP contribution in [0.15, 0.2) is 22.8 Å². The van der Waals surface area contributed by atoms with E-state index in [1.165, 1.54) is 0 Å². The largest absolute Gasteiger partial charge is 0.467 e. The van der Waals surface area contributed by atoms with Gasteiger partial charge in [-0.05, 0) is 26.0 Å². The fraction of sp³-hybridized carbons (Fsp3) is 0.615. The fourth-order valence-electron chi connectivity index (χ4n) is 2.21. The Hall–Kier alpha value is -1.33. The topological polar surface area (TPSA) is 57.5 Å². The average Bonchev–Trinajstić information content (AvgIpc) is 2.88. The predicted octanol–water partition coefficient (Wildman–Crippen LogP) is 0.578. The SMILES string of the molecule is CC1CN(C(C)C(=O)NCc2ccco2)CCN1. The lowest BCUT2D eigenvalue weighted by molar-refractivity contribution is -0.126. The Balaban J connectivity index is 1.80. The molecule has 1 saturated heterocycles. The summed E-state index contributed by atoms with van der Waals surface area (Å²) >= 11 is 0. The number of hydrogen-bond donors (Lipinski definition) is 2. The Labute approximate surface area is 108 Å². The summed E-state index contributed by atoms with van der Waals surface area (Å²) in [5.41, 5.74) is 0. The number of rotatable bonds is 4. The van der Waals surface area contributed by atoms with Gasteiger partial charge in [-0.15, -0.1) is 0 Å². The maximum atomic E-state index is 12.0. The van der Waals surface area contributed by atoms with Crippen molar-refractivity contribution in [2.45, 2.75) is 32.5 Å². The molecule has 0 saturated carbocycles. The molecule has 2 atom stereocenters. The maximum absolute atomic E-state index is 12.0. The summed E-state index contributed by atoms with van der Waals surface area (Å²) in [6.07, 6.45) is 1.61. The molecule has 1 aliphatic rings. The van der Waals surface area contributed by atoms with Gasteiger partial charge in [0.2, 0.25) is 5.91 Å². The van der Waals surface area contributed by atoms with Crippen LogP contribution in [-0.4, -0.2) is 42.5 Å². The summed E-state index contributed by atoms with van der Waals surface area (Å²) in [5, 5.41) is 6.27. The number of nitrogens with one attached hydrogen (secondary N) is 2. The third kappa shape index (κ3) is 3.34. The molecule has 2 unspecified atom stereocenters. The minimum absolute atomic E-state index is 0.0560. The molecule has 2 heterocycles. The predicted molar refractivity (Wildman–Crippen MR) is 69.1 cm³/mol. The van der Waals surface area contributed by atoms with Crippen molar-refractivity contribution in [3.05, 3.63) is 24.2 Å². The minimum Gasteiger partial charge on any atom is -0.467 e. The quantitative estimate of drug-likeness (QED) is 0.822. The molecule has 18 heavy (non-hydrogen) atoms. The molecule has 2 rings (SSSR count). The average molecular weight is 251 g/mol. The van der Waals surface area contributed by atoms with E-state index in [1.54, 1.807) is 6.26 Å². The summed E-state index contributed by atoms with van der Waals surface area (Å²) < 4.78 is 5.19. The van der Waals surface area contributed by atoms with E-state index in [-0.39, 0.29) is 11.9 Å². The van der Waals surface area contributed by atoms with E-state index in [9.17, 15) is 4.79 Å². The van der Waals surface area contributed by atoms with Crippen molar-refractivity contribution >= 4 is 5.91 Å². The zero-order valence-electron chi connectivity index (χ0n) is 11.0. The van der Waals surface area contributed by atoms with E-state index in [0.29, 0.717) is 12.6 Å². The summed E-state index contributed by atoms with van der Waals surface area (Å²) in [5.74, 6) is 0.838. The molecule has 0 bridgehead atoms. The second kappa shape index (κ2) is 6.02. The fourth-order valence-corrected chi connectivity index (χ4v) is 2.21. The van der Waals surface area contributed by atoms with Crippen LogP contribution >= 0.6 is 0 Å². The van der Waals surface area contributed by atoms with Gasteiger partial charge in [0.25, 0.3) is 0 Å². The first-order chi connectivity index (χ1) is 8.66. The normalized spacial score (nSPS) is 22.7. The number of amides is 1. The standard InChI is InChI=1S/C13H21N3O2/c1-10-9-16(6-5-14-10)11(2)13(17)15-8-12-4-3-7-18-12/h3-4,7,10-11,14H,5-6,8-9H2,1-2H3,(H,15,17). The monoisotopic (exact) mass is 251 g/mol. The molecule has 100 valence electrons. The maximum Gasteiger partial charge on any atom is 0.237 e. The number of carbonyl (C=O) groups excluding carboxylic acids is 1. The number of hydrogen-bond acceptors (Lipinski definition) is 4. The van der Waals surface area contributed by atoms with Crippen molar-refractivity contribution in [3.63, 3.8) is 0 Å². The highest BCUT2D eigenvalue weighted by Crippen LogP contribution is 2.05. The third-order valence-corrected chi connectivity index (χ3v) is 3.34. The van der Waals surface area contributed by atoms with Crippen molar-refractivity contribution in [3.8, 4) is 0 Å². The van der Waals surface area contributed by atoms with E-state index in [2.05, 4.69) is 22.5 Å². The highest BCUT2D eigenvalue weighted by molar-refractivity contribution is 5.81. The number of piperazine rings is 1. The molecule has 0 radical (unpaired) electrons. The Morgan fingerprint density at radius 3 is 3.22 bits per heavy atom. The lowest BCUT2D eigenvalue weighted by Gasteiger charge is -2.35. The van der Waals surface area contributed by atoms with Crippen LogP contribution in [0.2, 0.25) is 0 Å². The van der Waals surface area contributed by atoms with Gasteiger partial charge in [-0.1, -0.05) is 0 Å². The van der Waals surface area contributed by atoms with Crippen LogP contribution in [0.1, 0.15) is 19.6 Å². The Morgan fingerprint density at radius 2 is 2.56 bits per heavy atom. The molecule has 1 aliphatic heterocycles. The van der Waals surface area contributed by atoms with Crippen molar-refractivity contribution in [1.82, 2.24) is 15.5 Å². The van der Waals surface area contributed by atoms with Crippen LogP contribution in [0.3, 0.4) is 0 Å². The molecule has 0 aromatic carbocycles. The van der Waals surface area contributed by atoms with Gasteiger partial charge in [0.05, 0.1) is 18.8 Å². The smallest absolute Gasteiger partial charge is 0.237 e. The zero-order valence-corrected chi connectivity index (χ0v) is 11.0. The van der Waals surface area contributed by atoms with Crippen LogP contribution < -0.4 is 10.6 Å². The van der Waals surface area contributed by atoms with Gasteiger partial charge >= 0.3 is 0 Å². The van der Waals surface area contributed by atoms with Crippen LogP contribution in [0, 0.1) is 0 Å². The molecule has 5 heteroatoms. The first-order valence-corrected chi connectivity index (χ1v) is 6.44. The van der Waals surface area contributed by atoms with Gasteiger partial charge in [0.15, 0.2) is 0 Å². The molecular weight excluding hydrogens is 230 g/mol. The molecule has 0 spiro atoms. The van der Waals surface area contributed by atoms with Crippen molar-refractivity contribution in [1.29, 1.82) is 0 Å². The van der Waals surface area contributed by atoms with Gasteiger partial charge in [-0.2, -0.15) is 0 Å². The highest BCUT2D eigenvalue weighted by atomic mass is 16.3. The molecule has 1 fully saturated rings. The summed E-state index contributed by atoms with van der Waals surface area (Å²) in [6, 6.07) is 4.03. The van der Waals surface area contributed by atoms with E-state index in [0.717, 1.165) is 25.4 Å². The van der Waals surface area contributed by atoms with Crippen LogP contribution in [-0.2, 0) is 11.3 Å². The molecule has 2 N–H and O–H groups in total. The van der Waals surface area contributed by atoms with Gasteiger partial charge in [-0.25, -0.2) is 0 Å². The Kier molecular flexibility index (Phi) is 4.38. The third-order valence-electron chi connectivity index (χ3n) is 3.34. The Bertz CT molecular complexity index is 378. The van der Waals surface area contributed by atoms with Gasteiger partial charge in [0.1, 0.15) is 5.76 Å². The van der Waals surface area contributed by atoms with E-state index >= 15 is 0 Å². The van der Waals surface area contributed by atoms with E-state index in [4.69, 9.17) is 4.42 Å². The molecular formula is C13H21N3O2. The lowest BCUT2D eigenvalue weighted by Crippen LogP contribution is -2.55.